The lowest BCUT2D eigenvalue weighted by atomic mass is 9.98. The van der Waals surface area contributed by atoms with Crippen LogP contribution in [0.1, 0.15) is 17.2 Å². The first kappa shape index (κ1) is 15.8. The van der Waals surface area contributed by atoms with Crippen molar-refractivity contribution >= 4 is 43.5 Å². The van der Waals surface area contributed by atoms with Crippen molar-refractivity contribution in [3.63, 3.8) is 0 Å². The molecule has 2 rings (SSSR count). The van der Waals surface area contributed by atoms with Crippen LogP contribution in [-0.2, 0) is 0 Å². The highest BCUT2D eigenvalue weighted by Gasteiger charge is 2.18. The number of halogens is 3. The zero-order valence-electron chi connectivity index (χ0n) is 11.1. The summed E-state index contributed by atoms with van der Waals surface area (Å²) >= 11 is 13.5. The van der Waals surface area contributed by atoms with Crippen LogP contribution in [0.25, 0.3) is 0 Å². The number of benzene rings is 2. The molecule has 1 N–H and O–H groups in total. The molecular weight excluding hydrogens is 405 g/mol. The lowest BCUT2D eigenvalue weighted by molar-refractivity contribution is 0.414. The van der Waals surface area contributed by atoms with Crippen molar-refractivity contribution in [2.24, 2.45) is 0 Å². The third kappa shape index (κ3) is 3.37. The number of hydrogen-bond donors (Lipinski definition) is 1. The van der Waals surface area contributed by atoms with Gasteiger partial charge in [0.25, 0.3) is 0 Å². The number of ether oxygens (including phenoxy) is 1. The predicted octanol–water partition coefficient (Wildman–Crippen LogP) is 5.18. The van der Waals surface area contributed by atoms with E-state index in [9.17, 15) is 0 Å². The lowest BCUT2D eigenvalue weighted by Crippen LogP contribution is -2.18. The predicted molar refractivity (Wildman–Crippen MR) is 90.7 cm³/mol. The van der Waals surface area contributed by atoms with Crippen LogP contribution in [0.4, 0.5) is 0 Å². The van der Waals surface area contributed by atoms with Crippen LogP contribution >= 0.6 is 43.5 Å². The average molecular weight is 420 g/mol. The largest absolute Gasteiger partial charge is 0.497 e. The van der Waals surface area contributed by atoms with Gasteiger partial charge in [-0.1, -0.05) is 49.5 Å². The van der Waals surface area contributed by atoms with Gasteiger partial charge >= 0.3 is 0 Å². The van der Waals surface area contributed by atoms with Gasteiger partial charge in [-0.05, 0) is 48.5 Å². The number of hydrogen-bond acceptors (Lipinski definition) is 2. The first-order valence-corrected chi connectivity index (χ1v) is 7.99. The van der Waals surface area contributed by atoms with Crippen LogP contribution < -0.4 is 10.1 Å². The molecule has 0 spiro atoms. The Kier molecular flexibility index (Phi) is 5.49. The summed E-state index contributed by atoms with van der Waals surface area (Å²) in [5.41, 5.74) is 2.13. The van der Waals surface area contributed by atoms with Crippen molar-refractivity contribution in [3.05, 3.63) is 61.5 Å². The Balaban J connectivity index is 2.49. The lowest BCUT2D eigenvalue weighted by Gasteiger charge is -2.20. The van der Waals surface area contributed by atoms with Gasteiger partial charge in [-0.15, -0.1) is 0 Å². The molecule has 1 atom stereocenters. The van der Waals surface area contributed by atoms with Gasteiger partial charge in [0.1, 0.15) is 5.75 Å². The number of rotatable bonds is 4. The van der Waals surface area contributed by atoms with E-state index in [-0.39, 0.29) is 6.04 Å². The van der Waals surface area contributed by atoms with Gasteiger partial charge < -0.3 is 10.1 Å². The van der Waals surface area contributed by atoms with E-state index in [1.165, 1.54) is 0 Å². The third-order valence-electron chi connectivity index (χ3n) is 3.08. The van der Waals surface area contributed by atoms with Crippen molar-refractivity contribution in [1.82, 2.24) is 5.32 Å². The Morgan fingerprint density at radius 1 is 1.10 bits per heavy atom. The molecular formula is C15H14Br2ClNO. The van der Waals surface area contributed by atoms with Crippen LogP contribution in [0.2, 0.25) is 5.02 Å². The molecule has 2 nitrogen and oxygen atoms in total. The molecule has 0 saturated carbocycles. The van der Waals surface area contributed by atoms with Gasteiger partial charge in [-0.25, -0.2) is 0 Å². The summed E-state index contributed by atoms with van der Waals surface area (Å²) in [5, 5.41) is 3.98. The molecule has 2 aromatic carbocycles. The SMILES string of the molecule is CNC(c1ccc(OC)cc1Cl)c1cc(Br)ccc1Br. The molecule has 0 fully saturated rings. The number of nitrogens with one attached hydrogen (secondary N) is 1. The monoisotopic (exact) mass is 417 g/mol. The minimum Gasteiger partial charge on any atom is -0.497 e. The Bertz CT molecular complexity index is 619. The van der Waals surface area contributed by atoms with Crippen LogP contribution in [0, 0.1) is 0 Å². The molecule has 0 saturated heterocycles. The van der Waals surface area contributed by atoms with Gasteiger partial charge in [0, 0.05) is 14.0 Å². The van der Waals surface area contributed by atoms with Gasteiger partial charge in [-0.3, -0.25) is 0 Å². The third-order valence-corrected chi connectivity index (χ3v) is 4.62. The zero-order valence-corrected chi connectivity index (χ0v) is 15.0. The molecule has 106 valence electrons. The minimum absolute atomic E-state index is 0.000260. The summed E-state index contributed by atoms with van der Waals surface area (Å²) in [6, 6.07) is 11.8. The van der Waals surface area contributed by atoms with E-state index in [1.807, 2.05) is 37.4 Å². The van der Waals surface area contributed by atoms with Crippen molar-refractivity contribution in [2.75, 3.05) is 14.2 Å². The average Bonchev–Trinajstić information content (AvgIpc) is 2.44. The summed E-state index contributed by atoms with van der Waals surface area (Å²) in [4.78, 5) is 0. The van der Waals surface area contributed by atoms with Crippen LogP contribution in [0.5, 0.6) is 5.75 Å². The van der Waals surface area contributed by atoms with Crippen LogP contribution in [0.3, 0.4) is 0 Å². The Morgan fingerprint density at radius 2 is 1.85 bits per heavy atom. The summed E-state index contributed by atoms with van der Waals surface area (Å²) in [6.45, 7) is 0. The molecule has 0 heterocycles. The molecule has 0 radical (unpaired) electrons. The highest BCUT2D eigenvalue weighted by molar-refractivity contribution is 9.11. The van der Waals surface area contributed by atoms with E-state index < -0.39 is 0 Å². The maximum absolute atomic E-state index is 6.38. The first-order valence-electron chi connectivity index (χ1n) is 6.02. The molecule has 20 heavy (non-hydrogen) atoms. The van der Waals surface area contributed by atoms with Gasteiger partial charge in [0.05, 0.1) is 13.2 Å². The fourth-order valence-corrected chi connectivity index (χ4v) is 3.22. The molecule has 0 bridgehead atoms. The Morgan fingerprint density at radius 3 is 2.45 bits per heavy atom. The van der Waals surface area contributed by atoms with Crippen LogP contribution in [0.15, 0.2) is 45.3 Å². The van der Waals surface area contributed by atoms with Gasteiger partial charge in [-0.2, -0.15) is 0 Å². The molecule has 5 heteroatoms. The number of methoxy groups -OCH3 is 1. The zero-order chi connectivity index (χ0) is 14.7. The van der Waals surface area contributed by atoms with Crippen molar-refractivity contribution in [3.8, 4) is 5.75 Å². The highest BCUT2D eigenvalue weighted by atomic mass is 79.9. The fourth-order valence-electron chi connectivity index (χ4n) is 2.08. The maximum atomic E-state index is 6.38. The molecule has 0 amide bonds. The second-order valence-electron chi connectivity index (χ2n) is 4.27. The molecule has 0 aliphatic heterocycles. The summed E-state index contributed by atoms with van der Waals surface area (Å²) < 4.78 is 7.25. The van der Waals surface area contributed by atoms with Gasteiger partial charge in [0.2, 0.25) is 0 Å². The second kappa shape index (κ2) is 6.94. The molecule has 2 aromatic rings. The van der Waals surface area contributed by atoms with E-state index >= 15 is 0 Å². The van der Waals surface area contributed by atoms with E-state index in [1.54, 1.807) is 7.11 Å². The highest BCUT2D eigenvalue weighted by Crippen LogP contribution is 2.35. The van der Waals surface area contributed by atoms with Crippen molar-refractivity contribution in [2.45, 2.75) is 6.04 Å². The fraction of sp³-hybridized carbons (Fsp3) is 0.200. The van der Waals surface area contributed by atoms with E-state index in [0.29, 0.717) is 5.02 Å². The Labute approximate surface area is 140 Å². The molecule has 1 unspecified atom stereocenters. The standard InChI is InChI=1S/C15H14Br2ClNO/c1-19-15(12-7-9(16)3-6-13(12)17)11-5-4-10(20-2)8-14(11)18/h3-8,15,19H,1-2H3. The normalized spacial score (nSPS) is 12.2. The summed E-state index contributed by atoms with van der Waals surface area (Å²) in [7, 11) is 3.55. The maximum Gasteiger partial charge on any atom is 0.120 e. The summed E-state index contributed by atoms with van der Waals surface area (Å²) in [5.74, 6) is 0.752. The smallest absolute Gasteiger partial charge is 0.120 e. The molecule has 0 aliphatic carbocycles. The molecule has 0 aliphatic rings. The molecule has 0 aromatic heterocycles. The quantitative estimate of drug-likeness (QED) is 0.737. The van der Waals surface area contributed by atoms with E-state index in [2.05, 4.69) is 43.2 Å². The Hall–Kier alpha value is -0.550. The van der Waals surface area contributed by atoms with Crippen molar-refractivity contribution < 1.29 is 4.74 Å². The van der Waals surface area contributed by atoms with Crippen LogP contribution in [-0.4, -0.2) is 14.2 Å². The topological polar surface area (TPSA) is 21.3 Å². The van der Waals surface area contributed by atoms with E-state index in [0.717, 1.165) is 25.8 Å². The van der Waals surface area contributed by atoms with Crippen molar-refractivity contribution in [1.29, 1.82) is 0 Å². The first-order chi connectivity index (χ1) is 9.56. The minimum atomic E-state index is 0.000260. The van der Waals surface area contributed by atoms with E-state index in [4.69, 9.17) is 16.3 Å². The second-order valence-corrected chi connectivity index (χ2v) is 6.45. The summed E-state index contributed by atoms with van der Waals surface area (Å²) in [6.07, 6.45) is 0. The van der Waals surface area contributed by atoms with Gasteiger partial charge in [0.15, 0.2) is 0 Å².